The second-order valence-electron chi connectivity index (χ2n) is 5.72. The van der Waals surface area contributed by atoms with E-state index in [0.717, 1.165) is 17.7 Å². The van der Waals surface area contributed by atoms with Crippen LogP contribution in [0.5, 0.6) is 0 Å². The lowest BCUT2D eigenvalue weighted by Crippen LogP contribution is -2.40. The lowest BCUT2D eigenvalue weighted by molar-refractivity contribution is 0.487. The summed E-state index contributed by atoms with van der Waals surface area (Å²) in [6, 6.07) is 10.8. The van der Waals surface area contributed by atoms with Crippen LogP contribution in [-0.4, -0.2) is 29.5 Å². The normalized spacial score (nSPS) is 17.5. The van der Waals surface area contributed by atoms with Gasteiger partial charge in [0.2, 0.25) is 0 Å². The molecule has 1 atom stereocenters. The van der Waals surface area contributed by atoms with E-state index in [9.17, 15) is 8.42 Å². The summed E-state index contributed by atoms with van der Waals surface area (Å²) in [5.41, 5.74) is 1.74. The van der Waals surface area contributed by atoms with Crippen molar-refractivity contribution in [1.82, 2.24) is 14.5 Å². The molecular formula is C17H16N4O2S. The van der Waals surface area contributed by atoms with Gasteiger partial charge in [0, 0.05) is 24.8 Å². The molecule has 1 aliphatic rings. The molecule has 0 aliphatic carbocycles. The van der Waals surface area contributed by atoms with Crippen molar-refractivity contribution in [2.24, 2.45) is 0 Å². The molecule has 0 amide bonds. The Kier molecular flexibility index (Phi) is 3.57. The van der Waals surface area contributed by atoms with Crippen molar-refractivity contribution in [2.45, 2.75) is 17.4 Å². The Bertz CT molecular complexity index is 940. The van der Waals surface area contributed by atoms with Gasteiger partial charge in [-0.1, -0.05) is 18.2 Å². The molecule has 3 aromatic rings. The van der Waals surface area contributed by atoms with E-state index in [1.165, 1.54) is 10.5 Å². The largest absolute Gasteiger partial charge is 0.332 e. The molecule has 0 radical (unpaired) electrons. The van der Waals surface area contributed by atoms with Crippen molar-refractivity contribution in [3.8, 4) is 0 Å². The van der Waals surface area contributed by atoms with Crippen LogP contribution in [0.1, 0.15) is 11.6 Å². The SMILES string of the molecule is O=S(=O)(c1cccnc1)N1C[C@@H](n2ccnc2)Cc2ccccc21. The van der Waals surface area contributed by atoms with Crippen LogP contribution < -0.4 is 4.31 Å². The molecular weight excluding hydrogens is 324 g/mol. The molecule has 0 bridgehead atoms. The van der Waals surface area contributed by atoms with Gasteiger partial charge < -0.3 is 4.57 Å². The number of benzene rings is 1. The first-order valence-corrected chi connectivity index (χ1v) is 9.08. The number of fused-ring (bicyclic) bond motifs is 1. The van der Waals surface area contributed by atoms with Crippen LogP contribution in [-0.2, 0) is 16.4 Å². The van der Waals surface area contributed by atoms with Crippen LogP contribution >= 0.6 is 0 Å². The third kappa shape index (κ3) is 2.46. The molecule has 24 heavy (non-hydrogen) atoms. The number of aromatic nitrogens is 3. The zero-order chi connectivity index (χ0) is 16.6. The highest BCUT2D eigenvalue weighted by Crippen LogP contribution is 2.35. The standard InChI is InChI=1S/C17H16N4O2S/c22-24(23,16-5-3-7-18-11-16)21-12-15(20-9-8-19-13-20)10-14-4-1-2-6-17(14)21/h1-9,11,13,15H,10,12H2/t15-/m0/s1. The summed E-state index contributed by atoms with van der Waals surface area (Å²) in [4.78, 5) is 8.23. The molecule has 0 saturated heterocycles. The van der Waals surface area contributed by atoms with E-state index >= 15 is 0 Å². The van der Waals surface area contributed by atoms with Gasteiger partial charge in [0.15, 0.2) is 0 Å². The Morgan fingerprint density at radius 2 is 1.92 bits per heavy atom. The van der Waals surface area contributed by atoms with E-state index in [4.69, 9.17) is 0 Å². The van der Waals surface area contributed by atoms with Crippen molar-refractivity contribution < 1.29 is 8.42 Å². The van der Waals surface area contributed by atoms with E-state index in [1.807, 2.05) is 35.0 Å². The number of sulfonamides is 1. The van der Waals surface area contributed by atoms with Crippen LogP contribution in [0.15, 0.2) is 72.4 Å². The molecule has 1 aromatic carbocycles. The minimum Gasteiger partial charge on any atom is -0.332 e. The fourth-order valence-corrected chi connectivity index (χ4v) is 4.58. The molecule has 0 saturated carbocycles. The summed E-state index contributed by atoms with van der Waals surface area (Å²) in [6.07, 6.45) is 9.03. The number of nitrogens with zero attached hydrogens (tertiary/aromatic N) is 4. The van der Waals surface area contributed by atoms with Crippen molar-refractivity contribution in [2.75, 3.05) is 10.8 Å². The van der Waals surface area contributed by atoms with Gasteiger partial charge in [0.25, 0.3) is 10.0 Å². The number of anilines is 1. The first-order chi connectivity index (χ1) is 11.7. The van der Waals surface area contributed by atoms with Crippen molar-refractivity contribution in [1.29, 1.82) is 0 Å². The Morgan fingerprint density at radius 3 is 2.67 bits per heavy atom. The zero-order valence-corrected chi connectivity index (χ0v) is 13.7. The van der Waals surface area contributed by atoms with Crippen LogP contribution in [0.3, 0.4) is 0 Å². The minimum atomic E-state index is -3.66. The van der Waals surface area contributed by atoms with Crippen molar-refractivity contribution in [3.05, 3.63) is 73.1 Å². The number of rotatable bonds is 3. The fraction of sp³-hybridized carbons (Fsp3) is 0.176. The van der Waals surface area contributed by atoms with Gasteiger partial charge in [0.05, 0.1) is 24.6 Å². The van der Waals surface area contributed by atoms with Gasteiger partial charge in [-0.05, 0) is 30.2 Å². The van der Waals surface area contributed by atoms with E-state index in [0.29, 0.717) is 6.54 Å². The fourth-order valence-electron chi connectivity index (χ4n) is 3.07. The first kappa shape index (κ1) is 14.9. The minimum absolute atomic E-state index is 0.00819. The average molecular weight is 340 g/mol. The first-order valence-electron chi connectivity index (χ1n) is 7.64. The second kappa shape index (κ2) is 5.76. The van der Waals surface area contributed by atoms with Gasteiger partial charge in [-0.2, -0.15) is 0 Å². The second-order valence-corrected chi connectivity index (χ2v) is 7.58. The maximum absolute atomic E-state index is 13.1. The number of para-hydroxylation sites is 1. The molecule has 6 nitrogen and oxygen atoms in total. The highest BCUT2D eigenvalue weighted by atomic mass is 32.2. The smallest absolute Gasteiger partial charge is 0.265 e. The quantitative estimate of drug-likeness (QED) is 0.733. The lowest BCUT2D eigenvalue weighted by atomic mass is 10.00. The molecule has 1 aliphatic heterocycles. The number of hydrogen-bond donors (Lipinski definition) is 0. The molecule has 7 heteroatoms. The predicted molar refractivity (Wildman–Crippen MR) is 90.2 cm³/mol. The van der Waals surface area contributed by atoms with Gasteiger partial charge in [-0.25, -0.2) is 13.4 Å². The van der Waals surface area contributed by atoms with Crippen LogP contribution in [0.2, 0.25) is 0 Å². The van der Waals surface area contributed by atoms with Crippen molar-refractivity contribution in [3.63, 3.8) is 0 Å². The predicted octanol–water partition coefficient (Wildman–Crippen LogP) is 2.27. The molecule has 0 fully saturated rings. The summed E-state index contributed by atoms with van der Waals surface area (Å²) in [6.45, 7) is 0.366. The van der Waals surface area contributed by atoms with Gasteiger partial charge >= 0.3 is 0 Å². The van der Waals surface area contributed by atoms with E-state index in [2.05, 4.69) is 9.97 Å². The molecule has 3 heterocycles. The van der Waals surface area contributed by atoms with Gasteiger partial charge in [-0.3, -0.25) is 9.29 Å². The van der Waals surface area contributed by atoms with Crippen LogP contribution in [0.4, 0.5) is 5.69 Å². The third-order valence-electron chi connectivity index (χ3n) is 4.26. The molecule has 122 valence electrons. The number of hydrogen-bond acceptors (Lipinski definition) is 4. The highest BCUT2D eigenvalue weighted by molar-refractivity contribution is 7.92. The Balaban J connectivity index is 1.81. The molecule has 0 N–H and O–H groups in total. The molecule has 4 rings (SSSR count). The zero-order valence-electron chi connectivity index (χ0n) is 12.9. The average Bonchev–Trinajstić information content (AvgIpc) is 3.16. The molecule has 2 aromatic heterocycles. The molecule has 0 unspecified atom stereocenters. The maximum atomic E-state index is 13.1. The van der Waals surface area contributed by atoms with E-state index < -0.39 is 10.0 Å². The summed E-state index contributed by atoms with van der Waals surface area (Å²) >= 11 is 0. The monoisotopic (exact) mass is 340 g/mol. The summed E-state index contributed by atoms with van der Waals surface area (Å²) in [5.74, 6) is 0. The van der Waals surface area contributed by atoms with Gasteiger partial charge in [0.1, 0.15) is 4.90 Å². The number of imidazole rings is 1. The summed E-state index contributed by atoms with van der Waals surface area (Å²) in [7, 11) is -3.66. The highest BCUT2D eigenvalue weighted by Gasteiger charge is 2.33. The van der Waals surface area contributed by atoms with Crippen LogP contribution in [0, 0.1) is 0 Å². The third-order valence-corrected chi connectivity index (χ3v) is 6.02. The Morgan fingerprint density at radius 1 is 1.04 bits per heavy atom. The maximum Gasteiger partial charge on any atom is 0.265 e. The van der Waals surface area contributed by atoms with Gasteiger partial charge in [-0.15, -0.1) is 0 Å². The number of pyridine rings is 1. The Labute approximate surface area is 140 Å². The summed E-state index contributed by atoms with van der Waals surface area (Å²) < 4.78 is 29.7. The topological polar surface area (TPSA) is 68.1 Å². The molecule has 0 spiro atoms. The van der Waals surface area contributed by atoms with E-state index in [1.54, 1.807) is 30.9 Å². The van der Waals surface area contributed by atoms with Crippen molar-refractivity contribution >= 4 is 15.7 Å². The van der Waals surface area contributed by atoms with Crippen LogP contribution in [0.25, 0.3) is 0 Å². The van der Waals surface area contributed by atoms with E-state index in [-0.39, 0.29) is 10.9 Å². The lowest BCUT2D eigenvalue weighted by Gasteiger charge is -2.35. The Hall–Kier alpha value is -2.67. The summed E-state index contributed by atoms with van der Waals surface area (Å²) in [5, 5.41) is 0.